The van der Waals surface area contributed by atoms with E-state index in [0.717, 1.165) is 0 Å². The van der Waals surface area contributed by atoms with Crippen molar-refractivity contribution in [3.8, 4) is 0 Å². The van der Waals surface area contributed by atoms with Crippen molar-refractivity contribution in [2.75, 3.05) is 12.5 Å². The molecule has 4 N–H and O–H groups in total. The van der Waals surface area contributed by atoms with Crippen LogP contribution in [-0.4, -0.2) is 17.0 Å². The van der Waals surface area contributed by atoms with Gasteiger partial charge in [-0.2, -0.15) is 0 Å². The highest BCUT2D eigenvalue weighted by atomic mass is 16.2. The maximum Gasteiger partial charge on any atom is 0.325 e. The highest BCUT2D eigenvalue weighted by Crippen LogP contribution is 1.86. The van der Waals surface area contributed by atoms with Crippen LogP contribution in [0.2, 0.25) is 0 Å². The highest BCUT2D eigenvalue weighted by molar-refractivity contribution is 5.35. The molecule has 60 valence electrons. The van der Waals surface area contributed by atoms with E-state index in [2.05, 4.69) is 20.8 Å². The molecule has 0 aliphatic rings. The number of nitrogens with one attached hydrogen (secondary N) is 4. The molecule has 0 radical (unpaired) electrons. The Balaban J connectivity index is 3.10. The van der Waals surface area contributed by atoms with Gasteiger partial charge in [0.25, 0.3) is 5.56 Å². The van der Waals surface area contributed by atoms with Gasteiger partial charge in [0.1, 0.15) is 5.69 Å². The Labute approximate surface area is 61.6 Å². The molecule has 0 aliphatic heterocycles. The number of rotatable bonds is 2. The van der Waals surface area contributed by atoms with Crippen LogP contribution in [0.15, 0.2) is 15.8 Å². The number of hydrogen-bond acceptors (Lipinski definition) is 4. The summed E-state index contributed by atoms with van der Waals surface area (Å²) >= 11 is 0. The molecule has 0 unspecified atom stereocenters. The van der Waals surface area contributed by atoms with E-state index in [4.69, 9.17) is 0 Å². The lowest BCUT2D eigenvalue weighted by Gasteiger charge is -1.99. The minimum absolute atomic E-state index is 0.270. The van der Waals surface area contributed by atoms with Gasteiger partial charge in [-0.1, -0.05) is 0 Å². The second kappa shape index (κ2) is 3.02. The van der Waals surface area contributed by atoms with Crippen LogP contribution in [0.1, 0.15) is 0 Å². The number of anilines is 1. The average molecular weight is 156 g/mol. The molecule has 0 atom stereocenters. The van der Waals surface area contributed by atoms with Crippen LogP contribution >= 0.6 is 0 Å². The van der Waals surface area contributed by atoms with Gasteiger partial charge in [0, 0.05) is 13.2 Å². The van der Waals surface area contributed by atoms with Gasteiger partial charge in [0.2, 0.25) is 0 Å². The molecule has 11 heavy (non-hydrogen) atoms. The summed E-state index contributed by atoms with van der Waals surface area (Å²) in [6.45, 7) is 0. The maximum absolute atomic E-state index is 10.9. The average Bonchev–Trinajstić information content (AvgIpc) is 1.95. The van der Waals surface area contributed by atoms with Gasteiger partial charge in [-0.3, -0.25) is 9.78 Å². The van der Waals surface area contributed by atoms with E-state index in [1.165, 1.54) is 6.20 Å². The van der Waals surface area contributed by atoms with Crippen molar-refractivity contribution in [2.45, 2.75) is 0 Å². The lowest BCUT2D eigenvalue weighted by Crippen LogP contribution is -2.28. The van der Waals surface area contributed by atoms with Crippen molar-refractivity contribution in [3.05, 3.63) is 27.0 Å². The summed E-state index contributed by atoms with van der Waals surface area (Å²) in [6, 6.07) is 0. The minimum atomic E-state index is -0.517. The van der Waals surface area contributed by atoms with Crippen LogP contribution < -0.4 is 22.1 Å². The summed E-state index contributed by atoms with van der Waals surface area (Å²) in [5, 5.41) is 0. The number of H-pyrrole nitrogens is 2. The lowest BCUT2D eigenvalue weighted by atomic mass is 10.5. The Morgan fingerprint density at radius 3 is 2.73 bits per heavy atom. The first-order valence-corrected chi connectivity index (χ1v) is 2.99. The van der Waals surface area contributed by atoms with Crippen LogP contribution in [-0.2, 0) is 0 Å². The third kappa shape index (κ3) is 1.68. The number of hydrazine groups is 1. The van der Waals surface area contributed by atoms with E-state index >= 15 is 0 Å². The zero-order valence-corrected chi connectivity index (χ0v) is 5.89. The Kier molecular flexibility index (Phi) is 2.07. The minimum Gasteiger partial charge on any atom is -0.316 e. The first-order valence-electron chi connectivity index (χ1n) is 2.99. The Bertz CT molecular complexity index is 339. The molecule has 0 saturated carbocycles. The summed E-state index contributed by atoms with van der Waals surface area (Å²) < 4.78 is 0. The summed E-state index contributed by atoms with van der Waals surface area (Å²) in [6.07, 6.45) is 1.29. The molecular formula is C5H8N4O2. The molecule has 1 aromatic heterocycles. The Morgan fingerprint density at radius 1 is 1.45 bits per heavy atom. The molecule has 0 bridgehead atoms. The van der Waals surface area contributed by atoms with Crippen LogP contribution in [0, 0.1) is 0 Å². The molecule has 1 heterocycles. The van der Waals surface area contributed by atoms with Crippen LogP contribution in [0.3, 0.4) is 0 Å². The fourth-order valence-electron chi connectivity index (χ4n) is 0.637. The first kappa shape index (κ1) is 7.55. The summed E-state index contributed by atoms with van der Waals surface area (Å²) in [7, 11) is 1.62. The van der Waals surface area contributed by atoms with Crippen molar-refractivity contribution in [2.24, 2.45) is 0 Å². The normalized spacial score (nSPS) is 9.55. The Morgan fingerprint density at radius 2 is 2.18 bits per heavy atom. The quantitative estimate of drug-likeness (QED) is 0.397. The zero-order chi connectivity index (χ0) is 8.27. The van der Waals surface area contributed by atoms with Crippen LogP contribution in [0.4, 0.5) is 5.69 Å². The SMILES string of the molecule is CNNc1c[nH]c(=O)[nH]c1=O. The third-order valence-electron chi connectivity index (χ3n) is 1.08. The zero-order valence-electron chi connectivity index (χ0n) is 5.89. The fourth-order valence-corrected chi connectivity index (χ4v) is 0.637. The van der Waals surface area contributed by atoms with Gasteiger partial charge in [0.05, 0.1) is 0 Å². The molecule has 0 aromatic carbocycles. The first-order chi connectivity index (χ1) is 5.24. The van der Waals surface area contributed by atoms with E-state index in [-0.39, 0.29) is 5.69 Å². The second-order valence-electron chi connectivity index (χ2n) is 1.86. The fraction of sp³-hybridized carbons (Fsp3) is 0.200. The molecule has 0 amide bonds. The monoisotopic (exact) mass is 156 g/mol. The van der Waals surface area contributed by atoms with Gasteiger partial charge >= 0.3 is 5.69 Å². The van der Waals surface area contributed by atoms with Gasteiger partial charge in [-0.15, -0.1) is 0 Å². The van der Waals surface area contributed by atoms with Crippen molar-refractivity contribution < 1.29 is 0 Å². The number of aromatic amines is 2. The molecule has 0 aliphatic carbocycles. The third-order valence-corrected chi connectivity index (χ3v) is 1.08. The summed E-state index contributed by atoms with van der Waals surface area (Å²) in [5.41, 5.74) is 4.39. The predicted molar refractivity (Wildman–Crippen MR) is 40.4 cm³/mol. The maximum atomic E-state index is 10.9. The molecule has 0 spiro atoms. The second-order valence-corrected chi connectivity index (χ2v) is 1.86. The van der Waals surface area contributed by atoms with Crippen molar-refractivity contribution in [3.63, 3.8) is 0 Å². The summed E-state index contributed by atoms with van der Waals surface area (Å²) in [4.78, 5) is 25.7. The van der Waals surface area contributed by atoms with Gasteiger partial charge in [-0.25, -0.2) is 10.2 Å². The molecule has 0 saturated heterocycles. The topological polar surface area (TPSA) is 89.8 Å². The van der Waals surface area contributed by atoms with Gasteiger partial charge < -0.3 is 10.4 Å². The number of aromatic nitrogens is 2. The van der Waals surface area contributed by atoms with Gasteiger partial charge in [0.15, 0.2) is 0 Å². The van der Waals surface area contributed by atoms with E-state index in [1.54, 1.807) is 7.05 Å². The van der Waals surface area contributed by atoms with Crippen LogP contribution in [0.5, 0.6) is 0 Å². The molecule has 1 aromatic rings. The molecule has 6 nitrogen and oxygen atoms in total. The van der Waals surface area contributed by atoms with E-state index in [0.29, 0.717) is 0 Å². The van der Waals surface area contributed by atoms with E-state index < -0.39 is 11.2 Å². The van der Waals surface area contributed by atoms with Crippen LogP contribution in [0.25, 0.3) is 0 Å². The van der Waals surface area contributed by atoms with E-state index in [9.17, 15) is 9.59 Å². The van der Waals surface area contributed by atoms with Gasteiger partial charge in [-0.05, 0) is 0 Å². The smallest absolute Gasteiger partial charge is 0.316 e. The predicted octanol–water partition coefficient (Wildman–Crippen LogP) is -1.39. The molecule has 0 fully saturated rings. The lowest BCUT2D eigenvalue weighted by molar-refractivity contribution is 0.948. The van der Waals surface area contributed by atoms with E-state index in [1.807, 2.05) is 0 Å². The molecule has 6 heteroatoms. The summed E-state index contributed by atoms with van der Waals surface area (Å²) in [5.74, 6) is 0. The van der Waals surface area contributed by atoms with Crippen molar-refractivity contribution in [1.82, 2.24) is 15.4 Å². The number of hydrogen-bond donors (Lipinski definition) is 4. The molecule has 1 rings (SSSR count). The Hall–Kier alpha value is -1.56. The standard InChI is InChI=1S/C5H8N4O2/c1-6-9-3-2-7-5(11)8-4(3)10/h2,6,9H,1H3,(H2,7,8,10,11). The van der Waals surface area contributed by atoms with Crippen molar-refractivity contribution >= 4 is 5.69 Å². The van der Waals surface area contributed by atoms with Crippen molar-refractivity contribution in [1.29, 1.82) is 0 Å². The molecular weight excluding hydrogens is 148 g/mol. The largest absolute Gasteiger partial charge is 0.325 e. The highest BCUT2D eigenvalue weighted by Gasteiger charge is 1.95.